The van der Waals surface area contributed by atoms with Crippen molar-refractivity contribution < 1.29 is 24.2 Å². The lowest BCUT2D eigenvalue weighted by Gasteiger charge is -2.26. The second kappa shape index (κ2) is 11.1. The highest BCUT2D eigenvalue weighted by Crippen LogP contribution is 2.28. The van der Waals surface area contributed by atoms with Crippen LogP contribution in [0.15, 0.2) is 42.6 Å². The first-order valence-electron chi connectivity index (χ1n) is 10.1. The van der Waals surface area contributed by atoms with Gasteiger partial charge in [-0.05, 0) is 84.7 Å². The third kappa shape index (κ3) is 6.91. The van der Waals surface area contributed by atoms with Crippen molar-refractivity contribution in [2.45, 2.75) is 31.8 Å². The number of carbonyl (C=O) groups is 3. The molecule has 2 aromatic rings. The van der Waals surface area contributed by atoms with E-state index in [1.165, 1.54) is 0 Å². The molecule has 1 saturated carbocycles. The maximum Gasteiger partial charge on any atom is 0.306 e. The number of amides is 2. The molecule has 1 fully saturated rings. The van der Waals surface area contributed by atoms with Crippen molar-refractivity contribution in [3.8, 4) is 5.75 Å². The SMILES string of the molecule is O=C(NCCNC(=O)c1cc(I)ccn1)c1ccc(OC2CCC(C(=O)O)CC2)cc1. The molecule has 1 aliphatic carbocycles. The third-order valence-electron chi connectivity index (χ3n) is 5.09. The van der Waals surface area contributed by atoms with Gasteiger partial charge in [-0.3, -0.25) is 19.4 Å². The molecule has 1 aromatic carbocycles. The standard InChI is InChI=1S/C22H24IN3O5/c23-16-9-10-24-19(13-16)21(28)26-12-11-25-20(27)14-1-5-17(6-2-14)31-18-7-3-15(4-8-18)22(29)30/h1-2,5-6,9-10,13,15,18H,3-4,7-8,11-12H2,(H,25,27)(H,26,28)(H,29,30). The van der Waals surface area contributed by atoms with Gasteiger partial charge in [-0.15, -0.1) is 0 Å². The van der Waals surface area contributed by atoms with Crippen LogP contribution in [0.2, 0.25) is 0 Å². The number of benzene rings is 1. The van der Waals surface area contributed by atoms with Gasteiger partial charge >= 0.3 is 5.97 Å². The van der Waals surface area contributed by atoms with Crippen molar-refractivity contribution in [2.75, 3.05) is 13.1 Å². The first-order chi connectivity index (χ1) is 14.9. The van der Waals surface area contributed by atoms with Crippen molar-refractivity contribution >= 4 is 40.4 Å². The smallest absolute Gasteiger partial charge is 0.306 e. The van der Waals surface area contributed by atoms with Gasteiger partial charge in [0.05, 0.1) is 12.0 Å². The average molecular weight is 537 g/mol. The Bertz CT molecular complexity index is 927. The molecule has 0 saturated heterocycles. The van der Waals surface area contributed by atoms with Crippen molar-refractivity contribution in [3.63, 3.8) is 0 Å². The molecular formula is C22H24IN3O5. The van der Waals surface area contributed by atoms with Crippen LogP contribution in [0.4, 0.5) is 0 Å². The molecule has 8 nitrogen and oxygen atoms in total. The highest BCUT2D eigenvalue weighted by molar-refractivity contribution is 14.1. The van der Waals surface area contributed by atoms with E-state index in [1.807, 2.05) is 0 Å². The number of halogens is 1. The molecule has 0 radical (unpaired) electrons. The summed E-state index contributed by atoms with van der Waals surface area (Å²) in [5.41, 5.74) is 0.831. The zero-order chi connectivity index (χ0) is 22.2. The summed E-state index contributed by atoms with van der Waals surface area (Å²) in [6.07, 6.45) is 4.24. The van der Waals surface area contributed by atoms with Gasteiger partial charge in [0.2, 0.25) is 0 Å². The number of nitrogens with one attached hydrogen (secondary N) is 2. The van der Waals surface area contributed by atoms with E-state index in [4.69, 9.17) is 9.84 Å². The van der Waals surface area contributed by atoms with Crippen LogP contribution in [0.5, 0.6) is 5.75 Å². The van der Waals surface area contributed by atoms with E-state index in [0.29, 0.717) is 49.2 Å². The Morgan fingerprint density at radius 2 is 1.65 bits per heavy atom. The zero-order valence-electron chi connectivity index (χ0n) is 16.8. The summed E-state index contributed by atoms with van der Waals surface area (Å²) in [6, 6.07) is 10.3. The molecule has 0 aliphatic heterocycles. The van der Waals surface area contributed by atoms with Crippen LogP contribution < -0.4 is 15.4 Å². The lowest BCUT2D eigenvalue weighted by atomic mass is 9.87. The Hall–Kier alpha value is -2.69. The van der Waals surface area contributed by atoms with Crippen LogP contribution in [-0.2, 0) is 4.79 Å². The fraction of sp³-hybridized carbons (Fsp3) is 0.364. The number of rotatable bonds is 8. The Labute approximate surface area is 193 Å². The summed E-state index contributed by atoms with van der Waals surface area (Å²) in [7, 11) is 0. The molecule has 31 heavy (non-hydrogen) atoms. The van der Waals surface area contributed by atoms with Crippen LogP contribution in [0.25, 0.3) is 0 Å². The van der Waals surface area contributed by atoms with Crippen LogP contribution in [0, 0.1) is 9.49 Å². The first-order valence-corrected chi connectivity index (χ1v) is 11.2. The van der Waals surface area contributed by atoms with Crippen LogP contribution in [0.1, 0.15) is 46.5 Å². The summed E-state index contributed by atoms with van der Waals surface area (Å²) in [6.45, 7) is 0.581. The maximum atomic E-state index is 12.3. The third-order valence-corrected chi connectivity index (χ3v) is 5.76. The Kier molecular flexibility index (Phi) is 8.21. The minimum atomic E-state index is -0.736. The normalized spacial score (nSPS) is 18.1. The minimum Gasteiger partial charge on any atom is -0.490 e. The number of nitrogens with zero attached hydrogens (tertiary/aromatic N) is 1. The number of ether oxygens (including phenoxy) is 1. The monoisotopic (exact) mass is 537 g/mol. The number of pyridine rings is 1. The summed E-state index contributed by atoms with van der Waals surface area (Å²) >= 11 is 2.11. The number of hydrogen-bond donors (Lipinski definition) is 3. The van der Waals surface area contributed by atoms with E-state index >= 15 is 0 Å². The quantitative estimate of drug-likeness (QED) is 0.352. The second-order valence-electron chi connectivity index (χ2n) is 7.33. The summed E-state index contributed by atoms with van der Waals surface area (Å²) in [5.74, 6) is -0.877. The number of carboxylic acids is 1. The van der Waals surface area contributed by atoms with E-state index in [0.717, 1.165) is 3.57 Å². The van der Waals surface area contributed by atoms with Crippen molar-refractivity contribution in [2.24, 2.45) is 5.92 Å². The Balaban J connectivity index is 1.39. The molecule has 0 unspecified atom stereocenters. The van der Waals surface area contributed by atoms with Gasteiger partial charge in [0, 0.05) is 28.4 Å². The molecule has 2 amide bonds. The highest BCUT2D eigenvalue weighted by Gasteiger charge is 2.26. The van der Waals surface area contributed by atoms with Crippen LogP contribution in [0.3, 0.4) is 0 Å². The van der Waals surface area contributed by atoms with Gasteiger partial charge < -0.3 is 20.5 Å². The van der Waals surface area contributed by atoms with Gasteiger partial charge in [-0.1, -0.05) is 0 Å². The molecule has 3 N–H and O–H groups in total. The molecule has 3 rings (SSSR count). The fourth-order valence-corrected chi connectivity index (χ4v) is 3.83. The Morgan fingerprint density at radius 3 is 2.26 bits per heavy atom. The Morgan fingerprint density at radius 1 is 1.00 bits per heavy atom. The van der Waals surface area contributed by atoms with Crippen molar-refractivity contribution in [1.82, 2.24) is 15.6 Å². The van der Waals surface area contributed by atoms with Gasteiger partial charge in [-0.25, -0.2) is 0 Å². The second-order valence-corrected chi connectivity index (χ2v) is 8.57. The maximum absolute atomic E-state index is 12.3. The van der Waals surface area contributed by atoms with E-state index in [-0.39, 0.29) is 30.4 Å². The predicted octanol–water partition coefficient (Wildman–Crippen LogP) is 2.87. The highest BCUT2D eigenvalue weighted by atomic mass is 127. The van der Waals surface area contributed by atoms with Gasteiger partial charge in [0.1, 0.15) is 11.4 Å². The zero-order valence-corrected chi connectivity index (χ0v) is 19.0. The minimum absolute atomic E-state index is 0.00118. The lowest BCUT2D eigenvalue weighted by Crippen LogP contribution is -2.35. The summed E-state index contributed by atoms with van der Waals surface area (Å²) < 4.78 is 6.84. The molecule has 0 bridgehead atoms. The van der Waals surface area contributed by atoms with Gasteiger partial charge in [0.25, 0.3) is 11.8 Å². The number of carbonyl (C=O) groups excluding carboxylic acids is 2. The van der Waals surface area contributed by atoms with E-state index < -0.39 is 5.97 Å². The number of hydrogen-bond acceptors (Lipinski definition) is 5. The predicted molar refractivity (Wildman–Crippen MR) is 122 cm³/mol. The largest absolute Gasteiger partial charge is 0.490 e. The number of aliphatic carboxylic acids is 1. The van der Waals surface area contributed by atoms with Crippen molar-refractivity contribution in [3.05, 3.63) is 57.4 Å². The molecule has 164 valence electrons. The molecule has 1 heterocycles. The molecular weight excluding hydrogens is 513 g/mol. The lowest BCUT2D eigenvalue weighted by molar-refractivity contribution is -0.143. The molecule has 9 heteroatoms. The van der Waals surface area contributed by atoms with E-state index in [9.17, 15) is 14.4 Å². The van der Waals surface area contributed by atoms with E-state index in [1.54, 1.807) is 42.6 Å². The average Bonchev–Trinajstić information content (AvgIpc) is 2.77. The summed E-state index contributed by atoms with van der Waals surface area (Å²) in [4.78, 5) is 39.3. The van der Waals surface area contributed by atoms with E-state index in [2.05, 4.69) is 38.2 Å². The fourth-order valence-electron chi connectivity index (χ4n) is 3.38. The summed E-state index contributed by atoms with van der Waals surface area (Å²) in [5, 5.41) is 14.5. The van der Waals surface area contributed by atoms with Crippen LogP contribution >= 0.6 is 22.6 Å². The van der Waals surface area contributed by atoms with Crippen molar-refractivity contribution in [1.29, 1.82) is 0 Å². The number of carboxylic acid groups (broad SMARTS) is 1. The molecule has 0 spiro atoms. The van der Waals surface area contributed by atoms with Gasteiger partial charge in [-0.2, -0.15) is 0 Å². The topological polar surface area (TPSA) is 118 Å². The number of aromatic nitrogens is 1. The van der Waals surface area contributed by atoms with Gasteiger partial charge in [0.15, 0.2) is 0 Å². The molecule has 1 aliphatic rings. The molecule has 0 atom stereocenters. The van der Waals surface area contributed by atoms with Crippen LogP contribution in [-0.4, -0.2) is 47.1 Å². The molecule has 1 aromatic heterocycles. The first kappa shape index (κ1) is 23.0.